The molecule has 0 radical (unpaired) electrons. The minimum Gasteiger partial charge on any atom is -0.379 e. The molecule has 6 heteroatoms. The summed E-state index contributed by atoms with van der Waals surface area (Å²) in [6, 6.07) is 8.81. The summed E-state index contributed by atoms with van der Waals surface area (Å²) in [7, 11) is 0. The van der Waals surface area contributed by atoms with Gasteiger partial charge in [-0.1, -0.05) is 29.8 Å². The Labute approximate surface area is 162 Å². The number of rotatable bonds is 6. The van der Waals surface area contributed by atoms with Gasteiger partial charge in [0, 0.05) is 38.8 Å². The average Bonchev–Trinajstić information content (AvgIpc) is 2.69. The number of benzene rings is 1. The van der Waals surface area contributed by atoms with Crippen LogP contribution in [0.3, 0.4) is 0 Å². The Morgan fingerprint density at radius 1 is 1.15 bits per heavy atom. The first-order valence-corrected chi connectivity index (χ1v) is 10.1. The zero-order valence-electron chi connectivity index (χ0n) is 16.8. The monoisotopic (exact) mass is 375 g/mol. The van der Waals surface area contributed by atoms with Gasteiger partial charge in [-0.3, -0.25) is 14.6 Å². The normalized spacial score (nSPS) is 23.3. The third-order valence-corrected chi connectivity index (χ3v) is 5.46. The molecule has 1 N–H and O–H groups in total. The molecule has 6 nitrogen and oxygen atoms in total. The molecule has 2 aliphatic heterocycles. The number of carbonyl (C=O) groups is 1. The van der Waals surface area contributed by atoms with Crippen LogP contribution in [0.25, 0.3) is 0 Å². The molecule has 27 heavy (non-hydrogen) atoms. The molecular formula is C21H33N3O3. The van der Waals surface area contributed by atoms with Crippen LogP contribution in [0.1, 0.15) is 31.0 Å². The van der Waals surface area contributed by atoms with Gasteiger partial charge in [0.15, 0.2) is 0 Å². The largest absolute Gasteiger partial charge is 0.379 e. The van der Waals surface area contributed by atoms with Gasteiger partial charge < -0.3 is 14.8 Å². The lowest BCUT2D eigenvalue weighted by Crippen LogP contribution is -2.53. The van der Waals surface area contributed by atoms with Crippen LogP contribution < -0.4 is 5.32 Å². The van der Waals surface area contributed by atoms with Crippen molar-refractivity contribution in [1.82, 2.24) is 15.1 Å². The van der Waals surface area contributed by atoms with Crippen LogP contribution in [0.5, 0.6) is 0 Å². The Hall–Kier alpha value is -1.47. The maximum absolute atomic E-state index is 13.0. The van der Waals surface area contributed by atoms with E-state index in [4.69, 9.17) is 9.47 Å². The Kier molecular flexibility index (Phi) is 7.24. The predicted octanol–water partition coefficient (Wildman–Crippen LogP) is 1.59. The molecule has 2 fully saturated rings. The summed E-state index contributed by atoms with van der Waals surface area (Å²) in [6.45, 7) is 12.6. The topological polar surface area (TPSA) is 54.0 Å². The lowest BCUT2D eigenvalue weighted by atomic mass is 10.0. The lowest BCUT2D eigenvalue weighted by Gasteiger charge is -2.36. The Bertz CT molecular complexity index is 599. The molecule has 3 rings (SSSR count). The highest BCUT2D eigenvalue weighted by atomic mass is 16.5. The van der Waals surface area contributed by atoms with E-state index in [1.165, 1.54) is 5.56 Å². The maximum Gasteiger partial charge on any atom is 0.251 e. The predicted molar refractivity (Wildman–Crippen MR) is 106 cm³/mol. The fourth-order valence-electron chi connectivity index (χ4n) is 3.64. The van der Waals surface area contributed by atoms with Crippen molar-refractivity contribution in [3.05, 3.63) is 35.4 Å². The number of morpholine rings is 2. The van der Waals surface area contributed by atoms with Crippen LogP contribution >= 0.6 is 0 Å². The molecule has 0 saturated carbocycles. The van der Waals surface area contributed by atoms with E-state index in [-0.39, 0.29) is 11.9 Å². The fourth-order valence-corrected chi connectivity index (χ4v) is 3.64. The smallest absolute Gasteiger partial charge is 0.251 e. The number of carbonyl (C=O) groups excluding carboxylic acids is 1. The summed E-state index contributed by atoms with van der Waals surface area (Å²) in [5.74, 6) is -0.0146. The van der Waals surface area contributed by atoms with Gasteiger partial charge in [-0.2, -0.15) is 0 Å². The number of amides is 1. The maximum atomic E-state index is 13.0. The highest BCUT2D eigenvalue weighted by Crippen LogP contribution is 2.18. The van der Waals surface area contributed by atoms with Gasteiger partial charge in [-0.25, -0.2) is 0 Å². The van der Waals surface area contributed by atoms with Crippen LogP contribution in [0, 0.1) is 6.92 Å². The van der Waals surface area contributed by atoms with Crippen molar-refractivity contribution in [3.8, 4) is 0 Å². The average molecular weight is 376 g/mol. The van der Waals surface area contributed by atoms with Crippen LogP contribution in [-0.4, -0.2) is 80.4 Å². The molecule has 0 aliphatic carbocycles. The molecule has 0 bridgehead atoms. The second-order valence-corrected chi connectivity index (χ2v) is 7.83. The minimum atomic E-state index is -0.404. The molecule has 150 valence electrons. The molecule has 2 heterocycles. The first-order chi connectivity index (χ1) is 13.0. The van der Waals surface area contributed by atoms with Gasteiger partial charge in [0.1, 0.15) is 6.10 Å². The molecule has 2 unspecified atom stereocenters. The molecule has 2 saturated heterocycles. The molecule has 0 spiro atoms. The number of aryl methyl sites for hydroxylation is 1. The van der Waals surface area contributed by atoms with E-state index in [2.05, 4.69) is 60.2 Å². The van der Waals surface area contributed by atoms with E-state index in [0.717, 1.165) is 45.0 Å². The first kappa shape index (κ1) is 20.3. The molecule has 0 aromatic heterocycles. The summed E-state index contributed by atoms with van der Waals surface area (Å²) in [6.07, 6.45) is -0.404. The summed E-state index contributed by atoms with van der Waals surface area (Å²) >= 11 is 0. The van der Waals surface area contributed by atoms with E-state index >= 15 is 0 Å². The quantitative estimate of drug-likeness (QED) is 0.818. The SMILES string of the molecule is Cc1ccc(C(CN2CCOCC2)NC(=O)C2CN(C(C)C)CCO2)cc1. The van der Waals surface area contributed by atoms with Gasteiger partial charge in [0.05, 0.1) is 25.9 Å². The van der Waals surface area contributed by atoms with Crippen LogP contribution in [0.15, 0.2) is 24.3 Å². The number of nitrogens with one attached hydrogen (secondary N) is 1. The first-order valence-electron chi connectivity index (χ1n) is 10.1. The van der Waals surface area contributed by atoms with E-state index < -0.39 is 6.10 Å². The van der Waals surface area contributed by atoms with E-state index in [1.807, 2.05) is 0 Å². The van der Waals surface area contributed by atoms with Crippen molar-refractivity contribution in [2.75, 3.05) is 52.5 Å². The van der Waals surface area contributed by atoms with Crippen molar-refractivity contribution in [3.63, 3.8) is 0 Å². The van der Waals surface area contributed by atoms with Crippen molar-refractivity contribution in [2.24, 2.45) is 0 Å². The number of ether oxygens (including phenoxy) is 2. The minimum absolute atomic E-state index is 0.0146. The van der Waals surface area contributed by atoms with Crippen molar-refractivity contribution < 1.29 is 14.3 Å². The van der Waals surface area contributed by atoms with Gasteiger partial charge >= 0.3 is 0 Å². The molecule has 1 amide bonds. The van der Waals surface area contributed by atoms with Gasteiger partial charge in [-0.05, 0) is 26.3 Å². The zero-order valence-corrected chi connectivity index (χ0v) is 16.8. The second-order valence-electron chi connectivity index (χ2n) is 7.83. The number of nitrogens with zero attached hydrogens (tertiary/aromatic N) is 2. The second kappa shape index (κ2) is 9.64. The summed E-state index contributed by atoms with van der Waals surface area (Å²) in [4.78, 5) is 17.6. The third kappa shape index (κ3) is 5.75. The van der Waals surface area contributed by atoms with Crippen LogP contribution in [0.4, 0.5) is 0 Å². The van der Waals surface area contributed by atoms with Crippen molar-refractivity contribution >= 4 is 5.91 Å². The molecule has 1 aromatic carbocycles. The molecule has 2 aliphatic rings. The van der Waals surface area contributed by atoms with Crippen LogP contribution in [-0.2, 0) is 14.3 Å². The van der Waals surface area contributed by atoms with Gasteiger partial charge in [0.2, 0.25) is 0 Å². The van der Waals surface area contributed by atoms with E-state index in [9.17, 15) is 4.79 Å². The molecule has 2 atom stereocenters. The third-order valence-electron chi connectivity index (χ3n) is 5.46. The highest BCUT2D eigenvalue weighted by molar-refractivity contribution is 5.81. The van der Waals surface area contributed by atoms with E-state index in [1.54, 1.807) is 0 Å². The Morgan fingerprint density at radius 2 is 1.85 bits per heavy atom. The van der Waals surface area contributed by atoms with Gasteiger partial charge in [-0.15, -0.1) is 0 Å². The standard InChI is InChI=1S/C21H33N3O3/c1-16(2)24-10-13-27-20(15-24)21(25)22-19(14-23-8-11-26-12-9-23)18-6-4-17(3)5-7-18/h4-7,16,19-20H,8-15H2,1-3H3,(H,22,25). The Balaban J connectivity index is 1.67. The highest BCUT2D eigenvalue weighted by Gasteiger charge is 2.30. The van der Waals surface area contributed by atoms with Gasteiger partial charge in [0.25, 0.3) is 5.91 Å². The number of hydrogen-bond donors (Lipinski definition) is 1. The van der Waals surface area contributed by atoms with Crippen molar-refractivity contribution in [2.45, 2.75) is 39.0 Å². The molecule has 1 aromatic rings. The summed E-state index contributed by atoms with van der Waals surface area (Å²) in [5, 5.41) is 3.26. The number of hydrogen-bond acceptors (Lipinski definition) is 5. The summed E-state index contributed by atoms with van der Waals surface area (Å²) < 4.78 is 11.2. The summed E-state index contributed by atoms with van der Waals surface area (Å²) in [5.41, 5.74) is 2.36. The Morgan fingerprint density at radius 3 is 2.52 bits per heavy atom. The van der Waals surface area contributed by atoms with Crippen LogP contribution in [0.2, 0.25) is 0 Å². The van der Waals surface area contributed by atoms with E-state index in [0.29, 0.717) is 19.2 Å². The van der Waals surface area contributed by atoms with Crippen molar-refractivity contribution in [1.29, 1.82) is 0 Å². The fraction of sp³-hybridized carbons (Fsp3) is 0.667. The molecular weight excluding hydrogens is 342 g/mol. The zero-order chi connectivity index (χ0) is 19.2. The lowest BCUT2D eigenvalue weighted by molar-refractivity contribution is -0.140.